The Bertz CT molecular complexity index is 238. The monoisotopic (exact) mass is 199 g/mol. The van der Waals surface area contributed by atoms with E-state index < -0.39 is 12.0 Å². The summed E-state index contributed by atoms with van der Waals surface area (Å²) in [6.45, 7) is 4.54. The molecule has 0 spiro atoms. The van der Waals surface area contributed by atoms with Gasteiger partial charge < -0.3 is 10.0 Å². The van der Waals surface area contributed by atoms with Crippen LogP contribution in [-0.4, -0.2) is 34.5 Å². The Morgan fingerprint density at radius 2 is 2.21 bits per heavy atom. The van der Waals surface area contributed by atoms with Crippen molar-refractivity contribution in [3.8, 4) is 0 Å². The number of nitrogens with zero attached hydrogens (tertiary/aromatic N) is 1. The smallest absolute Gasteiger partial charge is 0.326 e. The van der Waals surface area contributed by atoms with Gasteiger partial charge in [-0.25, -0.2) is 4.79 Å². The molecule has 1 heterocycles. The van der Waals surface area contributed by atoms with E-state index in [1.54, 1.807) is 0 Å². The van der Waals surface area contributed by atoms with Crippen LogP contribution in [0.4, 0.5) is 0 Å². The van der Waals surface area contributed by atoms with Crippen LogP contribution < -0.4 is 0 Å². The first-order chi connectivity index (χ1) is 6.52. The first-order valence-corrected chi connectivity index (χ1v) is 5.04. The average molecular weight is 199 g/mol. The van der Waals surface area contributed by atoms with Crippen LogP contribution in [0.15, 0.2) is 0 Å². The molecule has 0 saturated carbocycles. The van der Waals surface area contributed by atoms with Crippen molar-refractivity contribution in [1.82, 2.24) is 4.90 Å². The summed E-state index contributed by atoms with van der Waals surface area (Å²) in [6.07, 6.45) is 1.84. The van der Waals surface area contributed by atoms with E-state index in [9.17, 15) is 9.59 Å². The second kappa shape index (κ2) is 4.44. The molecule has 0 bridgehead atoms. The first kappa shape index (κ1) is 11.0. The van der Waals surface area contributed by atoms with Gasteiger partial charge in [-0.1, -0.05) is 13.8 Å². The van der Waals surface area contributed by atoms with Gasteiger partial charge in [0.2, 0.25) is 5.91 Å². The lowest BCUT2D eigenvalue weighted by molar-refractivity contribution is -0.149. The molecule has 1 rings (SSSR count). The summed E-state index contributed by atoms with van der Waals surface area (Å²) in [7, 11) is 0. The molecular formula is C10H17NO3. The summed E-state index contributed by atoms with van der Waals surface area (Å²) < 4.78 is 0. The number of carbonyl (C=O) groups is 2. The number of aliphatic carboxylic acids is 1. The number of hydrogen-bond donors (Lipinski definition) is 1. The Morgan fingerprint density at radius 1 is 1.57 bits per heavy atom. The van der Waals surface area contributed by atoms with Crippen molar-refractivity contribution in [3.63, 3.8) is 0 Å². The molecule has 1 amide bonds. The molecular weight excluding hydrogens is 182 g/mol. The van der Waals surface area contributed by atoms with Gasteiger partial charge in [-0.2, -0.15) is 0 Å². The van der Waals surface area contributed by atoms with Crippen LogP contribution in [-0.2, 0) is 9.59 Å². The maximum absolute atomic E-state index is 11.4. The highest BCUT2D eigenvalue weighted by atomic mass is 16.4. The molecule has 80 valence electrons. The lowest BCUT2D eigenvalue weighted by Crippen LogP contribution is -2.42. The van der Waals surface area contributed by atoms with E-state index in [0.717, 1.165) is 6.42 Å². The topological polar surface area (TPSA) is 57.6 Å². The molecule has 1 unspecified atom stereocenters. The number of hydrogen-bond acceptors (Lipinski definition) is 2. The highest BCUT2D eigenvalue weighted by Crippen LogP contribution is 2.18. The van der Waals surface area contributed by atoms with Crippen LogP contribution in [0.3, 0.4) is 0 Å². The number of carbonyl (C=O) groups excluding carboxylic acids is 1. The number of likely N-dealkylation sites (tertiary alicyclic amines) is 1. The fourth-order valence-electron chi connectivity index (χ4n) is 1.81. The second-order valence-electron chi connectivity index (χ2n) is 4.17. The minimum Gasteiger partial charge on any atom is -0.480 e. The van der Waals surface area contributed by atoms with Crippen LogP contribution in [0, 0.1) is 5.92 Å². The van der Waals surface area contributed by atoms with Crippen molar-refractivity contribution >= 4 is 11.9 Å². The van der Waals surface area contributed by atoms with Crippen LogP contribution in [0.25, 0.3) is 0 Å². The van der Waals surface area contributed by atoms with Crippen LogP contribution >= 0.6 is 0 Å². The van der Waals surface area contributed by atoms with Crippen LogP contribution in [0.2, 0.25) is 0 Å². The van der Waals surface area contributed by atoms with Crippen LogP contribution in [0.1, 0.15) is 33.1 Å². The third kappa shape index (κ3) is 2.47. The van der Waals surface area contributed by atoms with Crippen molar-refractivity contribution in [2.45, 2.75) is 39.2 Å². The van der Waals surface area contributed by atoms with E-state index in [0.29, 0.717) is 25.3 Å². The van der Waals surface area contributed by atoms with Gasteiger partial charge in [-0.05, 0) is 18.8 Å². The molecule has 0 aromatic rings. The first-order valence-electron chi connectivity index (χ1n) is 5.04. The maximum Gasteiger partial charge on any atom is 0.326 e. The maximum atomic E-state index is 11.4. The molecule has 0 aliphatic carbocycles. The van der Waals surface area contributed by atoms with Gasteiger partial charge in [-0.15, -0.1) is 0 Å². The van der Waals surface area contributed by atoms with E-state index in [1.165, 1.54) is 4.90 Å². The number of carboxylic acids is 1. The molecule has 1 aliphatic rings. The SMILES string of the molecule is CC(C)CC(C(=O)O)N1CCCC1=O. The van der Waals surface area contributed by atoms with Gasteiger partial charge in [0.05, 0.1) is 0 Å². The Balaban J connectivity index is 2.66. The van der Waals surface area contributed by atoms with E-state index in [1.807, 2.05) is 13.8 Å². The standard InChI is InChI=1S/C10H17NO3/c1-7(2)6-8(10(13)14)11-5-3-4-9(11)12/h7-8H,3-6H2,1-2H3,(H,13,14). The van der Waals surface area contributed by atoms with Gasteiger partial charge in [0.25, 0.3) is 0 Å². The fraction of sp³-hybridized carbons (Fsp3) is 0.800. The van der Waals surface area contributed by atoms with Crippen molar-refractivity contribution in [1.29, 1.82) is 0 Å². The molecule has 0 aromatic heterocycles. The van der Waals surface area contributed by atoms with Crippen molar-refractivity contribution < 1.29 is 14.7 Å². The van der Waals surface area contributed by atoms with Crippen LogP contribution in [0.5, 0.6) is 0 Å². The van der Waals surface area contributed by atoms with Gasteiger partial charge >= 0.3 is 5.97 Å². The summed E-state index contributed by atoms with van der Waals surface area (Å²) in [5.74, 6) is -0.600. The predicted octanol–water partition coefficient (Wildman–Crippen LogP) is 1.11. The Kier molecular flexibility index (Phi) is 3.49. The summed E-state index contributed by atoms with van der Waals surface area (Å²) in [5, 5.41) is 9.01. The highest BCUT2D eigenvalue weighted by Gasteiger charge is 2.32. The van der Waals surface area contributed by atoms with Gasteiger partial charge in [-0.3, -0.25) is 4.79 Å². The Morgan fingerprint density at radius 3 is 2.57 bits per heavy atom. The zero-order chi connectivity index (χ0) is 10.7. The van der Waals surface area contributed by atoms with E-state index >= 15 is 0 Å². The quantitative estimate of drug-likeness (QED) is 0.737. The van der Waals surface area contributed by atoms with Gasteiger partial charge in [0.1, 0.15) is 6.04 Å². The lowest BCUT2D eigenvalue weighted by atomic mass is 10.0. The third-order valence-electron chi connectivity index (χ3n) is 2.47. The Labute approximate surface area is 83.9 Å². The third-order valence-corrected chi connectivity index (χ3v) is 2.47. The average Bonchev–Trinajstić information content (AvgIpc) is 2.46. The molecule has 1 atom stereocenters. The number of rotatable bonds is 4. The van der Waals surface area contributed by atoms with Crippen molar-refractivity contribution in [2.75, 3.05) is 6.54 Å². The van der Waals surface area contributed by atoms with E-state index in [2.05, 4.69) is 0 Å². The minimum absolute atomic E-state index is 0.0157. The zero-order valence-corrected chi connectivity index (χ0v) is 8.69. The fourth-order valence-corrected chi connectivity index (χ4v) is 1.81. The van der Waals surface area contributed by atoms with Crippen molar-refractivity contribution in [2.24, 2.45) is 5.92 Å². The molecule has 1 saturated heterocycles. The number of amides is 1. The molecule has 14 heavy (non-hydrogen) atoms. The van der Waals surface area contributed by atoms with E-state index in [-0.39, 0.29) is 5.91 Å². The normalized spacial score (nSPS) is 19.1. The summed E-state index contributed by atoms with van der Waals surface area (Å²) in [6, 6.07) is -0.620. The summed E-state index contributed by atoms with van der Waals surface area (Å²) in [5.41, 5.74) is 0. The molecule has 1 N–H and O–H groups in total. The summed E-state index contributed by atoms with van der Waals surface area (Å²) >= 11 is 0. The lowest BCUT2D eigenvalue weighted by Gasteiger charge is -2.25. The molecule has 4 heteroatoms. The molecule has 1 fully saturated rings. The number of carboxylic acid groups (broad SMARTS) is 1. The van der Waals surface area contributed by atoms with Gasteiger partial charge in [0, 0.05) is 13.0 Å². The molecule has 0 aromatic carbocycles. The predicted molar refractivity (Wildman–Crippen MR) is 51.8 cm³/mol. The van der Waals surface area contributed by atoms with Gasteiger partial charge in [0.15, 0.2) is 0 Å². The molecule has 1 aliphatic heterocycles. The highest BCUT2D eigenvalue weighted by molar-refractivity contribution is 5.84. The van der Waals surface area contributed by atoms with E-state index in [4.69, 9.17) is 5.11 Å². The largest absolute Gasteiger partial charge is 0.480 e. The summed E-state index contributed by atoms with van der Waals surface area (Å²) in [4.78, 5) is 23.8. The van der Waals surface area contributed by atoms with Crippen molar-refractivity contribution in [3.05, 3.63) is 0 Å². The molecule has 4 nitrogen and oxygen atoms in total. The molecule has 0 radical (unpaired) electrons. The Hall–Kier alpha value is -1.06. The zero-order valence-electron chi connectivity index (χ0n) is 8.69. The minimum atomic E-state index is -0.881. The second-order valence-corrected chi connectivity index (χ2v) is 4.17.